The predicted octanol–water partition coefficient (Wildman–Crippen LogP) is 1.61. The van der Waals surface area contributed by atoms with E-state index in [4.69, 9.17) is 0 Å². The number of likely N-dealkylation sites (N-methyl/N-ethyl adjacent to an activating group) is 1. The summed E-state index contributed by atoms with van der Waals surface area (Å²) in [7, 11) is 2.15. The monoisotopic (exact) mass is 278 g/mol. The van der Waals surface area contributed by atoms with Crippen LogP contribution in [0.1, 0.15) is 25.3 Å². The van der Waals surface area contributed by atoms with Gasteiger partial charge in [-0.3, -0.25) is 0 Å². The van der Waals surface area contributed by atoms with Crippen LogP contribution in [-0.2, 0) is 6.54 Å². The van der Waals surface area contributed by atoms with Gasteiger partial charge in [-0.25, -0.2) is 9.37 Å². The summed E-state index contributed by atoms with van der Waals surface area (Å²) in [4.78, 5) is 8.99. The second-order valence-electron chi connectivity index (χ2n) is 6.07. The van der Waals surface area contributed by atoms with Gasteiger partial charge < -0.3 is 15.1 Å². The van der Waals surface area contributed by atoms with Crippen molar-refractivity contribution in [2.24, 2.45) is 0 Å². The predicted molar refractivity (Wildman–Crippen MR) is 78.4 cm³/mol. The Labute approximate surface area is 120 Å². The molecule has 1 aromatic rings. The van der Waals surface area contributed by atoms with Crippen LogP contribution < -0.4 is 10.2 Å². The van der Waals surface area contributed by atoms with E-state index in [0.29, 0.717) is 18.6 Å². The van der Waals surface area contributed by atoms with Gasteiger partial charge in [-0.1, -0.05) is 0 Å². The van der Waals surface area contributed by atoms with Crippen LogP contribution in [0.4, 0.5) is 10.2 Å². The first-order valence-corrected chi connectivity index (χ1v) is 7.46. The van der Waals surface area contributed by atoms with E-state index in [9.17, 15) is 4.39 Å². The molecule has 1 atom stereocenters. The summed E-state index contributed by atoms with van der Waals surface area (Å²) in [6, 6.07) is 2.75. The number of piperazine rings is 1. The highest BCUT2D eigenvalue weighted by atomic mass is 19.1. The van der Waals surface area contributed by atoms with Crippen LogP contribution in [0.2, 0.25) is 0 Å². The van der Waals surface area contributed by atoms with Crippen molar-refractivity contribution in [3.8, 4) is 0 Å². The van der Waals surface area contributed by atoms with Gasteiger partial charge in [0, 0.05) is 43.8 Å². The van der Waals surface area contributed by atoms with Crippen molar-refractivity contribution in [1.29, 1.82) is 0 Å². The maximum absolute atomic E-state index is 13.5. The highest BCUT2D eigenvalue weighted by molar-refractivity contribution is 5.47. The summed E-state index contributed by atoms with van der Waals surface area (Å²) in [6.07, 6.45) is 3.81. The second kappa shape index (κ2) is 5.66. The molecule has 5 heteroatoms. The summed E-state index contributed by atoms with van der Waals surface area (Å²) in [6.45, 7) is 5.86. The van der Waals surface area contributed by atoms with Crippen LogP contribution in [0.3, 0.4) is 0 Å². The first-order valence-electron chi connectivity index (χ1n) is 7.46. The molecule has 110 valence electrons. The fraction of sp³-hybridized carbons (Fsp3) is 0.667. The van der Waals surface area contributed by atoms with E-state index in [1.807, 2.05) is 0 Å². The summed E-state index contributed by atoms with van der Waals surface area (Å²) in [5.74, 6) is 0.697. The quantitative estimate of drug-likeness (QED) is 0.907. The summed E-state index contributed by atoms with van der Waals surface area (Å²) >= 11 is 0. The lowest BCUT2D eigenvalue weighted by molar-refractivity contribution is 0.233. The van der Waals surface area contributed by atoms with Crippen LogP contribution in [0.5, 0.6) is 0 Å². The Kier molecular flexibility index (Phi) is 3.89. The molecule has 20 heavy (non-hydrogen) atoms. The van der Waals surface area contributed by atoms with Gasteiger partial charge in [-0.2, -0.15) is 0 Å². The molecular weight excluding hydrogens is 255 g/mol. The normalized spacial score (nSPS) is 24.1. The van der Waals surface area contributed by atoms with Crippen molar-refractivity contribution < 1.29 is 4.39 Å². The molecule has 1 unspecified atom stereocenters. The number of nitrogens with zero attached hydrogens (tertiary/aromatic N) is 3. The number of hydrogen-bond donors (Lipinski definition) is 1. The molecule has 0 aromatic carbocycles. The van der Waals surface area contributed by atoms with E-state index in [2.05, 4.69) is 34.1 Å². The van der Waals surface area contributed by atoms with Crippen LogP contribution in [-0.4, -0.2) is 48.6 Å². The highest BCUT2D eigenvalue weighted by Crippen LogP contribution is 2.24. The molecule has 2 aliphatic rings. The lowest BCUT2D eigenvalue weighted by Gasteiger charge is -2.39. The number of rotatable bonds is 4. The Balaban J connectivity index is 1.76. The molecule has 1 aromatic heterocycles. The maximum atomic E-state index is 13.5. The molecule has 0 bridgehead atoms. The van der Waals surface area contributed by atoms with E-state index in [1.54, 1.807) is 6.07 Å². The van der Waals surface area contributed by atoms with Crippen molar-refractivity contribution in [3.63, 3.8) is 0 Å². The molecule has 2 fully saturated rings. The van der Waals surface area contributed by atoms with Gasteiger partial charge in [0.05, 0.1) is 6.20 Å². The minimum absolute atomic E-state index is 0.247. The third kappa shape index (κ3) is 3.10. The maximum Gasteiger partial charge on any atom is 0.141 e. The number of hydrogen-bond acceptors (Lipinski definition) is 4. The van der Waals surface area contributed by atoms with Crippen molar-refractivity contribution in [1.82, 2.24) is 15.2 Å². The highest BCUT2D eigenvalue weighted by Gasteiger charge is 2.25. The van der Waals surface area contributed by atoms with Crippen LogP contribution in [0.15, 0.2) is 12.3 Å². The number of nitrogens with one attached hydrogen (secondary N) is 1. The van der Waals surface area contributed by atoms with Crippen LogP contribution in [0, 0.1) is 5.82 Å². The molecule has 0 spiro atoms. The van der Waals surface area contributed by atoms with E-state index < -0.39 is 0 Å². The third-order valence-corrected chi connectivity index (χ3v) is 4.33. The standard InChI is InChI=1S/C15H23FN4/c1-11-10-20(6-5-19(11)2)15-12(7-13(16)9-18-15)8-17-14-3-4-14/h7,9,11,14,17H,3-6,8,10H2,1-2H3. The molecule has 2 heterocycles. The fourth-order valence-corrected chi connectivity index (χ4v) is 2.67. The lowest BCUT2D eigenvalue weighted by atomic mass is 10.1. The number of aromatic nitrogens is 1. The van der Waals surface area contributed by atoms with Crippen LogP contribution >= 0.6 is 0 Å². The Hall–Kier alpha value is -1.20. The average Bonchev–Trinajstić information content (AvgIpc) is 3.24. The third-order valence-electron chi connectivity index (χ3n) is 4.33. The lowest BCUT2D eigenvalue weighted by Crippen LogP contribution is -2.50. The van der Waals surface area contributed by atoms with Gasteiger partial charge in [0.2, 0.25) is 0 Å². The van der Waals surface area contributed by atoms with Crippen molar-refractivity contribution in [2.45, 2.75) is 38.4 Å². The molecular formula is C15H23FN4. The topological polar surface area (TPSA) is 31.4 Å². The second-order valence-corrected chi connectivity index (χ2v) is 6.07. The largest absolute Gasteiger partial charge is 0.354 e. The van der Waals surface area contributed by atoms with Gasteiger partial charge in [0.1, 0.15) is 11.6 Å². The summed E-state index contributed by atoms with van der Waals surface area (Å²) < 4.78 is 13.5. The van der Waals surface area contributed by atoms with Gasteiger partial charge in [0.25, 0.3) is 0 Å². The Morgan fingerprint density at radius 3 is 2.90 bits per heavy atom. The molecule has 1 saturated heterocycles. The van der Waals surface area contributed by atoms with Crippen molar-refractivity contribution >= 4 is 5.82 Å². The van der Waals surface area contributed by atoms with Crippen molar-refractivity contribution in [2.75, 3.05) is 31.6 Å². The average molecular weight is 278 g/mol. The van der Waals surface area contributed by atoms with E-state index in [1.165, 1.54) is 19.0 Å². The molecule has 1 saturated carbocycles. The molecule has 4 nitrogen and oxygen atoms in total. The first-order chi connectivity index (χ1) is 9.63. The zero-order valence-electron chi connectivity index (χ0n) is 12.3. The van der Waals surface area contributed by atoms with Crippen LogP contribution in [0.25, 0.3) is 0 Å². The van der Waals surface area contributed by atoms with Gasteiger partial charge in [0.15, 0.2) is 0 Å². The molecule has 1 aliphatic carbocycles. The first kappa shape index (κ1) is 13.8. The van der Waals surface area contributed by atoms with E-state index in [-0.39, 0.29) is 5.82 Å². The molecule has 1 aliphatic heterocycles. The Bertz CT molecular complexity index is 475. The summed E-state index contributed by atoms with van der Waals surface area (Å²) in [5.41, 5.74) is 0.980. The molecule has 0 radical (unpaired) electrons. The zero-order chi connectivity index (χ0) is 14.1. The van der Waals surface area contributed by atoms with Gasteiger partial charge in [-0.05, 0) is 32.9 Å². The van der Waals surface area contributed by atoms with E-state index in [0.717, 1.165) is 31.0 Å². The number of halogens is 1. The molecule has 1 N–H and O–H groups in total. The Morgan fingerprint density at radius 2 is 2.20 bits per heavy atom. The zero-order valence-corrected chi connectivity index (χ0v) is 12.3. The van der Waals surface area contributed by atoms with Gasteiger partial charge >= 0.3 is 0 Å². The number of anilines is 1. The number of pyridine rings is 1. The molecule has 3 rings (SSSR count). The van der Waals surface area contributed by atoms with Crippen molar-refractivity contribution in [3.05, 3.63) is 23.6 Å². The molecule has 0 amide bonds. The SMILES string of the molecule is CC1CN(c2ncc(F)cc2CNC2CC2)CCN1C. The Morgan fingerprint density at radius 1 is 1.40 bits per heavy atom. The summed E-state index contributed by atoms with van der Waals surface area (Å²) in [5, 5.41) is 3.46. The minimum Gasteiger partial charge on any atom is -0.354 e. The fourth-order valence-electron chi connectivity index (χ4n) is 2.67. The smallest absolute Gasteiger partial charge is 0.141 e. The van der Waals surface area contributed by atoms with Gasteiger partial charge in [-0.15, -0.1) is 0 Å². The minimum atomic E-state index is -0.247. The van der Waals surface area contributed by atoms with E-state index >= 15 is 0 Å².